The van der Waals surface area contributed by atoms with Crippen molar-refractivity contribution in [2.45, 2.75) is 72.3 Å². The summed E-state index contributed by atoms with van der Waals surface area (Å²) < 4.78 is 0. The van der Waals surface area contributed by atoms with Crippen molar-refractivity contribution < 1.29 is 0 Å². The highest BCUT2D eigenvalue weighted by molar-refractivity contribution is 7.59. The number of halogens is 1. The molecule has 0 amide bonds. The van der Waals surface area contributed by atoms with E-state index in [9.17, 15) is 0 Å². The molecule has 0 aliphatic heterocycles. The van der Waals surface area contributed by atoms with E-state index in [1.165, 1.54) is 6.04 Å². The quantitative estimate of drug-likeness (QED) is 0.461. The van der Waals surface area contributed by atoms with E-state index in [-0.39, 0.29) is 0 Å². The van der Waals surface area contributed by atoms with Crippen molar-refractivity contribution in [1.29, 1.82) is 0 Å². The van der Waals surface area contributed by atoms with Gasteiger partial charge in [-0.1, -0.05) is 61.2 Å². The minimum atomic E-state index is -1.59. The van der Waals surface area contributed by atoms with E-state index in [1.807, 2.05) is 0 Å². The lowest BCUT2D eigenvalue weighted by molar-refractivity contribution is 0.464. The van der Waals surface area contributed by atoms with Gasteiger partial charge in [0.1, 0.15) is 6.90 Å². The van der Waals surface area contributed by atoms with Gasteiger partial charge in [0.15, 0.2) is 0 Å². The van der Waals surface area contributed by atoms with Gasteiger partial charge in [-0.25, -0.2) is 0 Å². The van der Waals surface area contributed by atoms with Crippen LogP contribution in [0.4, 0.5) is 0 Å². The van der Waals surface area contributed by atoms with Crippen molar-refractivity contribution in [2.75, 3.05) is 0 Å². The van der Waals surface area contributed by atoms with Gasteiger partial charge in [-0.3, -0.25) is 0 Å². The largest absolute Gasteiger partial charge is 0.171 e. The molecule has 0 fully saturated rings. The van der Waals surface area contributed by atoms with Crippen molar-refractivity contribution in [2.24, 2.45) is 5.41 Å². The second-order valence-corrected chi connectivity index (χ2v) is 25.8. The minimum Gasteiger partial charge on any atom is -0.171 e. The molecular weight excluding hydrogens is 236 g/mol. The van der Waals surface area contributed by atoms with E-state index < -0.39 is 14.5 Å². The molecule has 0 spiro atoms. The van der Waals surface area contributed by atoms with Crippen LogP contribution in [0, 0.1) is 5.41 Å². The fourth-order valence-electron chi connectivity index (χ4n) is 2.00. The highest BCUT2D eigenvalue weighted by Crippen LogP contribution is 2.47. The van der Waals surface area contributed by atoms with E-state index in [0.717, 1.165) is 0 Å². The molecule has 0 heterocycles. The molecule has 0 bridgehead atoms. The molecule has 0 nitrogen and oxygen atoms in total. The van der Waals surface area contributed by atoms with Crippen LogP contribution in [0.15, 0.2) is 0 Å². The molecule has 0 radical (unpaired) electrons. The predicted molar refractivity (Wildman–Crippen MR) is 78.9 cm³/mol. The summed E-state index contributed by atoms with van der Waals surface area (Å²) in [6.45, 7) is 19.8. The molecule has 3 heteroatoms. The molecule has 0 N–H and O–H groups in total. The zero-order valence-corrected chi connectivity index (χ0v) is 14.8. The van der Waals surface area contributed by atoms with Crippen LogP contribution in [0.25, 0.3) is 0 Å². The minimum absolute atomic E-state index is 0.373. The second-order valence-electron chi connectivity index (χ2n) is 7.81. The topological polar surface area (TPSA) is 0 Å². The van der Waals surface area contributed by atoms with E-state index >= 15 is 0 Å². The fraction of sp³-hybridized carbons (Fsp3) is 1.00. The third-order valence-corrected chi connectivity index (χ3v) is 27.4. The van der Waals surface area contributed by atoms with E-state index in [4.69, 9.17) is 11.1 Å². The van der Waals surface area contributed by atoms with Crippen molar-refractivity contribution in [1.82, 2.24) is 0 Å². The first kappa shape index (κ1) is 15.7. The maximum absolute atomic E-state index is 7.00. The van der Waals surface area contributed by atoms with E-state index in [0.29, 0.717) is 10.5 Å². The van der Waals surface area contributed by atoms with Gasteiger partial charge in [0.05, 0.1) is 7.59 Å². The number of hydrogen-bond acceptors (Lipinski definition) is 0. The Bertz CT molecular complexity index is 219. The normalized spacial score (nSPS) is 18.8. The molecule has 92 valence electrons. The summed E-state index contributed by atoms with van der Waals surface area (Å²) in [5.74, 6) is 0. The van der Waals surface area contributed by atoms with Crippen LogP contribution in [0.1, 0.15) is 41.5 Å². The van der Waals surface area contributed by atoms with Crippen molar-refractivity contribution in [3.05, 3.63) is 0 Å². The molecule has 0 aliphatic rings. The molecule has 0 saturated heterocycles. The highest BCUT2D eigenvalue weighted by Gasteiger charge is 2.52. The Kier molecular flexibility index (Phi) is 4.39. The van der Waals surface area contributed by atoms with Gasteiger partial charge >= 0.3 is 0 Å². The zero-order valence-electron chi connectivity index (χ0n) is 12.1. The Balaban J connectivity index is 5.03. The standard InChI is InChI=1S/C12H29ClSi2/c1-11(2,3)10-15(9,13)14(7,8)12(4,5)6/h10H2,1-9H3. The average Bonchev–Trinajstić information content (AvgIpc) is 1.77. The molecule has 0 rings (SSSR count). The van der Waals surface area contributed by atoms with E-state index in [1.54, 1.807) is 0 Å². The van der Waals surface area contributed by atoms with Crippen LogP contribution in [0.5, 0.6) is 0 Å². The highest BCUT2D eigenvalue weighted by atomic mass is 35.6. The Hall–Kier alpha value is 0.724. The lowest BCUT2D eigenvalue weighted by Crippen LogP contribution is -2.59. The third kappa shape index (κ3) is 3.90. The number of rotatable bonds is 2. The molecule has 0 saturated carbocycles. The SMILES string of the molecule is CC(C)(C)C[Si](C)(Cl)[Si](C)(C)C(C)(C)C. The van der Waals surface area contributed by atoms with Crippen molar-refractivity contribution in [3.8, 4) is 0 Å². The van der Waals surface area contributed by atoms with Gasteiger partial charge in [0.25, 0.3) is 0 Å². The summed E-state index contributed by atoms with van der Waals surface area (Å²) in [7, 11) is -1.34. The van der Waals surface area contributed by atoms with Gasteiger partial charge in [0, 0.05) is 0 Å². The zero-order chi connectivity index (χ0) is 12.7. The lowest BCUT2D eigenvalue weighted by Gasteiger charge is -2.47. The van der Waals surface area contributed by atoms with Crippen LogP contribution in [-0.4, -0.2) is 14.5 Å². The molecular formula is C12H29ClSi2. The Morgan fingerprint density at radius 3 is 1.40 bits per heavy atom. The van der Waals surface area contributed by atoms with E-state index in [2.05, 4.69) is 61.2 Å². The van der Waals surface area contributed by atoms with Gasteiger partial charge in [0.2, 0.25) is 0 Å². The molecule has 15 heavy (non-hydrogen) atoms. The summed E-state index contributed by atoms with van der Waals surface area (Å²) in [6, 6.07) is 1.23. The molecule has 0 aromatic carbocycles. The Morgan fingerprint density at radius 1 is 0.867 bits per heavy atom. The summed E-state index contributed by atoms with van der Waals surface area (Å²) in [5, 5.41) is 0.418. The maximum Gasteiger partial charge on any atom is 0.144 e. The van der Waals surface area contributed by atoms with Crippen LogP contribution >= 0.6 is 11.1 Å². The molecule has 1 unspecified atom stereocenters. The first-order valence-electron chi connectivity index (χ1n) is 5.90. The average molecular weight is 265 g/mol. The molecule has 0 aliphatic carbocycles. The molecule has 0 aromatic heterocycles. The van der Waals surface area contributed by atoms with Crippen LogP contribution in [0.2, 0.25) is 30.7 Å². The van der Waals surface area contributed by atoms with Gasteiger partial charge < -0.3 is 0 Å². The second kappa shape index (κ2) is 4.19. The predicted octanol–water partition coefficient (Wildman–Crippen LogP) is 5.43. The monoisotopic (exact) mass is 264 g/mol. The van der Waals surface area contributed by atoms with Gasteiger partial charge in [-0.15, -0.1) is 0 Å². The third-order valence-electron chi connectivity index (χ3n) is 4.04. The first-order chi connectivity index (χ1) is 6.21. The van der Waals surface area contributed by atoms with Crippen LogP contribution in [0.3, 0.4) is 0 Å². The molecule has 0 aromatic rings. The van der Waals surface area contributed by atoms with Crippen LogP contribution in [-0.2, 0) is 0 Å². The van der Waals surface area contributed by atoms with Crippen molar-refractivity contribution >= 4 is 25.6 Å². The fourth-order valence-corrected chi connectivity index (χ4v) is 17.4. The summed E-state index contributed by atoms with van der Waals surface area (Å²) in [4.78, 5) is 0. The maximum atomic E-state index is 7.00. The van der Waals surface area contributed by atoms with Gasteiger partial charge in [-0.2, -0.15) is 11.1 Å². The summed E-state index contributed by atoms with van der Waals surface area (Å²) >= 11 is 7.00. The van der Waals surface area contributed by atoms with Crippen molar-refractivity contribution in [3.63, 3.8) is 0 Å². The molecule has 1 atom stereocenters. The van der Waals surface area contributed by atoms with Gasteiger partial charge in [-0.05, 0) is 16.5 Å². The lowest BCUT2D eigenvalue weighted by atomic mass is 10.0. The smallest absolute Gasteiger partial charge is 0.144 e. The first-order valence-corrected chi connectivity index (χ1v) is 13.6. The summed E-state index contributed by atoms with van der Waals surface area (Å²) in [6.07, 6.45) is 0. The Labute approximate surface area is 103 Å². The van der Waals surface area contributed by atoms with Crippen LogP contribution < -0.4 is 0 Å². The Morgan fingerprint density at radius 2 is 1.20 bits per heavy atom. The number of hydrogen-bond donors (Lipinski definition) is 0. The summed E-state index contributed by atoms with van der Waals surface area (Å²) in [5.41, 5.74) is 0.373.